The molecule has 4 N–H and O–H groups in total. The third-order valence-electron chi connectivity index (χ3n) is 5.93. The zero-order valence-corrected chi connectivity index (χ0v) is 19.2. The highest BCUT2D eigenvalue weighted by Gasteiger charge is 2.58. The monoisotopic (exact) mass is 465 g/mol. The molecule has 34 heavy (non-hydrogen) atoms. The zero-order chi connectivity index (χ0) is 25.2. The molecule has 1 aliphatic heterocycles. The lowest BCUT2D eigenvalue weighted by Gasteiger charge is -2.33. The van der Waals surface area contributed by atoms with Crippen LogP contribution in [0.4, 0.5) is 4.79 Å². The van der Waals surface area contributed by atoms with Gasteiger partial charge in [0, 0.05) is 19.0 Å². The number of nitrogens with two attached hydrogens (primary N) is 1. The number of hydrogen-bond donors (Lipinski definition) is 3. The smallest absolute Gasteiger partial charge is 0.347 e. The summed E-state index contributed by atoms with van der Waals surface area (Å²) in [5, 5.41) is 18.5. The Balaban J connectivity index is 2.13. The van der Waals surface area contributed by atoms with Crippen LogP contribution in [-0.2, 0) is 26.5 Å². The van der Waals surface area contributed by atoms with Crippen LogP contribution in [-0.4, -0.2) is 55.7 Å². The van der Waals surface area contributed by atoms with E-state index in [9.17, 15) is 24.3 Å². The molecule has 2 atom stereocenters. The molecule has 178 valence electrons. The molecule has 1 fully saturated rings. The first kappa shape index (κ1) is 24.4. The van der Waals surface area contributed by atoms with E-state index >= 15 is 0 Å². The van der Waals surface area contributed by atoms with E-state index in [-0.39, 0.29) is 12.4 Å². The molecule has 0 spiro atoms. The minimum atomic E-state index is -1.50. The number of aliphatic carboxylic acids is 1. The summed E-state index contributed by atoms with van der Waals surface area (Å²) >= 11 is 0. The number of nitrogens with zero attached hydrogens (tertiary/aromatic N) is 3. The number of urea groups is 1. The summed E-state index contributed by atoms with van der Waals surface area (Å²) in [6, 6.07) is 13.8. The summed E-state index contributed by atoms with van der Waals surface area (Å²) in [7, 11) is 0. The molecular formula is C24H27N5O5. The normalized spacial score (nSPS) is 18.7. The number of carboxylic acids is 1. The highest BCUT2D eigenvalue weighted by atomic mass is 16.4. The van der Waals surface area contributed by atoms with E-state index in [2.05, 4.69) is 0 Å². The Labute approximate surface area is 197 Å². The molecular weight excluding hydrogens is 438 g/mol. The summed E-state index contributed by atoms with van der Waals surface area (Å²) in [6.45, 7) is 4.30. The van der Waals surface area contributed by atoms with Crippen LogP contribution in [0.15, 0.2) is 54.6 Å². The van der Waals surface area contributed by atoms with Gasteiger partial charge in [-0.3, -0.25) is 24.7 Å². The molecule has 0 aliphatic carbocycles. The van der Waals surface area contributed by atoms with Crippen LogP contribution in [0.25, 0.3) is 0 Å². The minimum absolute atomic E-state index is 0.0753. The van der Waals surface area contributed by atoms with E-state index in [0.717, 1.165) is 15.6 Å². The molecule has 0 saturated carbocycles. The van der Waals surface area contributed by atoms with Gasteiger partial charge >= 0.3 is 12.0 Å². The number of benzene rings is 2. The van der Waals surface area contributed by atoms with Gasteiger partial charge in [-0.25, -0.2) is 9.80 Å². The number of carboxylic acid groups (broad SMARTS) is 1. The molecule has 2 unspecified atom stereocenters. The van der Waals surface area contributed by atoms with E-state index < -0.39 is 41.8 Å². The number of carbonyl (C=O) groups excluding carboxylic acids is 3. The summed E-state index contributed by atoms with van der Waals surface area (Å²) in [5.74, 6) is -2.62. The van der Waals surface area contributed by atoms with Crippen LogP contribution in [0.2, 0.25) is 0 Å². The molecule has 4 amide bonds. The second kappa shape index (κ2) is 9.34. The van der Waals surface area contributed by atoms with E-state index in [0.29, 0.717) is 11.1 Å². The molecule has 0 bridgehead atoms. The predicted molar refractivity (Wildman–Crippen MR) is 123 cm³/mol. The lowest BCUT2D eigenvalue weighted by Crippen LogP contribution is -2.54. The number of rotatable bonds is 8. The van der Waals surface area contributed by atoms with E-state index in [1.54, 1.807) is 31.2 Å². The minimum Gasteiger partial charge on any atom is -0.481 e. The standard InChI is InChI=1S/C24H27N5O5/c1-15(13-20(31)32)28(16(2)30)29-22(33)24(3,19-11-9-18(10-12-19)21(25)26)27(23(29)34)14-17-7-5-4-6-8-17/h4-12,15H,13-14H2,1-3H3,(H3,25,26)(H,31,32). The number of carbonyl (C=O) groups is 4. The molecule has 10 heteroatoms. The van der Waals surface area contributed by atoms with Gasteiger partial charge in [-0.2, -0.15) is 5.01 Å². The van der Waals surface area contributed by atoms with Crippen LogP contribution in [0.5, 0.6) is 0 Å². The first-order valence-electron chi connectivity index (χ1n) is 10.6. The largest absolute Gasteiger partial charge is 0.481 e. The van der Waals surface area contributed by atoms with Crippen molar-refractivity contribution in [3.05, 3.63) is 71.3 Å². The Hall–Kier alpha value is -4.21. The topological polar surface area (TPSA) is 148 Å². The van der Waals surface area contributed by atoms with Crippen LogP contribution in [0.1, 0.15) is 43.9 Å². The van der Waals surface area contributed by atoms with Crippen molar-refractivity contribution in [3.63, 3.8) is 0 Å². The molecule has 2 aromatic rings. The van der Waals surface area contributed by atoms with Crippen molar-refractivity contribution in [2.75, 3.05) is 0 Å². The third-order valence-corrected chi connectivity index (χ3v) is 5.93. The number of hydrazine groups is 1. The third kappa shape index (κ3) is 4.34. The summed E-state index contributed by atoms with van der Waals surface area (Å²) in [5.41, 5.74) is 5.73. The van der Waals surface area contributed by atoms with Crippen LogP contribution in [0, 0.1) is 5.41 Å². The number of imide groups is 1. The van der Waals surface area contributed by atoms with Crippen molar-refractivity contribution >= 4 is 29.7 Å². The highest BCUT2D eigenvalue weighted by molar-refractivity contribution is 6.08. The van der Waals surface area contributed by atoms with Crippen LogP contribution < -0.4 is 5.73 Å². The quantitative estimate of drug-likeness (QED) is 0.309. The summed E-state index contributed by atoms with van der Waals surface area (Å²) < 4.78 is 0. The summed E-state index contributed by atoms with van der Waals surface area (Å²) in [4.78, 5) is 52.7. The Kier molecular flexibility index (Phi) is 6.71. The first-order valence-corrected chi connectivity index (χ1v) is 10.6. The van der Waals surface area contributed by atoms with Gasteiger partial charge in [0.2, 0.25) is 5.91 Å². The zero-order valence-electron chi connectivity index (χ0n) is 19.2. The van der Waals surface area contributed by atoms with Gasteiger partial charge in [0.25, 0.3) is 5.91 Å². The van der Waals surface area contributed by atoms with Gasteiger partial charge in [-0.1, -0.05) is 54.6 Å². The molecule has 1 heterocycles. The highest BCUT2D eigenvalue weighted by Crippen LogP contribution is 2.40. The summed E-state index contributed by atoms with van der Waals surface area (Å²) in [6.07, 6.45) is -0.445. The van der Waals surface area contributed by atoms with Crippen molar-refractivity contribution in [1.82, 2.24) is 14.9 Å². The van der Waals surface area contributed by atoms with Crippen molar-refractivity contribution in [2.24, 2.45) is 5.73 Å². The SMILES string of the molecule is CC(=O)N(C(C)CC(=O)O)N1C(=O)N(Cc2ccccc2)C(C)(c2ccc(C(=N)N)cc2)C1=O. The van der Waals surface area contributed by atoms with Crippen LogP contribution >= 0.6 is 0 Å². The fraction of sp³-hybridized carbons (Fsp3) is 0.292. The average Bonchev–Trinajstić information content (AvgIpc) is 2.96. The number of amides is 4. The number of amidine groups is 1. The Morgan fingerprint density at radius 2 is 1.71 bits per heavy atom. The van der Waals surface area contributed by atoms with Crippen molar-refractivity contribution in [2.45, 2.75) is 45.3 Å². The van der Waals surface area contributed by atoms with Crippen molar-refractivity contribution < 1.29 is 24.3 Å². The molecule has 0 aromatic heterocycles. The van der Waals surface area contributed by atoms with Crippen molar-refractivity contribution in [1.29, 1.82) is 5.41 Å². The van der Waals surface area contributed by atoms with E-state index in [1.807, 2.05) is 30.3 Å². The Morgan fingerprint density at radius 3 is 2.21 bits per heavy atom. The Bertz CT molecular complexity index is 1130. The van der Waals surface area contributed by atoms with Crippen molar-refractivity contribution in [3.8, 4) is 0 Å². The van der Waals surface area contributed by atoms with Gasteiger partial charge in [0.15, 0.2) is 0 Å². The number of hydrogen-bond acceptors (Lipinski definition) is 5. The van der Waals surface area contributed by atoms with Gasteiger partial charge in [0.05, 0.1) is 12.5 Å². The van der Waals surface area contributed by atoms with Gasteiger partial charge in [-0.05, 0) is 25.0 Å². The fourth-order valence-corrected chi connectivity index (χ4v) is 4.14. The second-order valence-electron chi connectivity index (χ2n) is 8.34. The van der Waals surface area contributed by atoms with Gasteiger partial charge in [0.1, 0.15) is 11.4 Å². The lowest BCUT2D eigenvalue weighted by molar-refractivity contribution is -0.161. The second-order valence-corrected chi connectivity index (χ2v) is 8.34. The lowest BCUT2D eigenvalue weighted by atomic mass is 9.89. The maximum atomic E-state index is 13.8. The van der Waals surface area contributed by atoms with E-state index in [1.165, 1.54) is 18.7 Å². The molecule has 2 aromatic carbocycles. The Morgan fingerprint density at radius 1 is 1.12 bits per heavy atom. The predicted octanol–water partition coefficient (Wildman–Crippen LogP) is 2.28. The first-order chi connectivity index (χ1) is 16.0. The average molecular weight is 466 g/mol. The number of nitrogen functional groups attached to an aromatic ring is 1. The molecule has 1 saturated heterocycles. The van der Waals surface area contributed by atoms with E-state index in [4.69, 9.17) is 11.1 Å². The molecule has 10 nitrogen and oxygen atoms in total. The molecule has 0 radical (unpaired) electrons. The maximum absolute atomic E-state index is 13.8. The molecule has 3 rings (SSSR count). The number of nitrogens with one attached hydrogen (secondary N) is 1. The van der Waals surface area contributed by atoms with Gasteiger partial charge < -0.3 is 10.8 Å². The molecule has 1 aliphatic rings. The van der Waals surface area contributed by atoms with Crippen LogP contribution in [0.3, 0.4) is 0 Å². The van der Waals surface area contributed by atoms with Gasteiger partial charge in [-0.15, -0.1) is 0 Å². The fourth-order valence-electron chi connectivity index (χ4n) is 4.14. The maximum Gasteiger partial charge on any atom is 0.347 e.